The lowest BCUT2D eigenvalue weighted by molar-refractivity contribution is 0.617. The van der Waals surface area contributed by atoms with Gasteiger partial charge < -0.3 is 11.5 Å². The average molecular weight is 194 g/mol. The molecule has 2 nitrogen and oxygen atoms in total. The summed E-state index contributed by atoms with van der Waals surface area (Å²) in [5.41, 5.74) is 14.6. The highest BCUT2D eigenvalue weighted by molar-refractivity contribution is 5.40. The van der Waals surface area contributed by atoms with Gasteiger partial charge in [0.25, 0.3) is 0 Å². The number of rotatable bonds is 2. The Morgan fingerprint density at radius 1 is 1.36 bits per heavy atom. The Balaban J connectivity index is 2.48. The highest BCUT2D eigenvalue weighted by Crippen LogP contribution is 2.29. The molecule has 0 amide bonds. The summed E-state index contributed by atoms with van der Waals surface area (Å²) in [6.45, 7) is 0.371. The fourth-order valence-electron chi connectivity index (χ4n) is 2.16. The first-order valence-corrected chi connectivity index (χ1v) is 4.99. The maximum absolute atomic E-state index is 13.2. The minimum Gasteiger partial charge on any atom is -0.329 e. The van der Waals surface area contributed by atoms with Gasteiger partial charge in [-0.1, -0.05) is 0 Å². The van der Waals surface area contributed by atoms with Crippen LogP contribution in [0.2, 0.25) is 0 Å². The molecule has 0 aliphatic heterocycles. The van der Waals surface area contributed by atoms with Crippen molar-refractivity contribution in [1.82, 2.24) is 0 Å². The van der Waals surface area contributed by atoms with Gasteiger partial charge in [-0.2, -0.15) is 0 Å². The van der Waals surface area contributed by atoms with Crippen LogP contribution in [0.25, 0.3) is 0 Å². The van der Waals surface area contributed by atoms with Gasteiger partial charge in [0.2, 0.25) is 0 Å². The van der Waals surface area contributed by atoms with E-state index in [9.17, 15) is 4.39 Å². The van der Waals surface area contributed by atoms with Crippen molar-refractivity contribution in [1.29, 1.82) is 0 Å². The molecular formula is C11H15FN2. The second kappa shape index (κ2) is 3.67. The van der Waals surface area contributed by atoms with E-state index < -0.39 is 0 Å². The van der Waals surface area contributed by atoms with Crippen molar-refractivity contribution in [2.24, 2.45) is 11.5 Å². The lowest BCUT2D eigenvalue weighted by Gasteiger charge is -2.14. The fourth-order valence-corrected chi connectivity index (χ4v) is 2.16. The van der Waals surface area contributed by atoms with E-state index in [0.717, 1.165) is 30.4 Å². The van der Waals surface area contributed by atoms with Crippen LogP contribution < -0.4 is 11.5 Å². The van der Waals surface area contributed by atoms with Crippen LogP contribution in [-0.4, -0.2) is 6.54 Å². The van der Waals surface area contributed by atoms with E-state index in [1.54, 1.807) is 6.07 Å². The van der Waals surface area contributed by atoms with Crippen LogP contribution in [0.4, 0.5) is 4.39 Å². The molecule has 3 heteroatoms. The zero-order chi connectivity index (χ0) is 10.1. The van der Waals surface area contributed by atoms with Crippen LogP contribution in [-0.2, 0) is 12.8 Å². The van der Waals surface area contributed by atoms with Crippen LogP contribution in [0.3, 0.4) is 0 Å². The minimum atomic E-state index is -0.224. The van der Waals surface area contributed by atoms with E-state index in [1.165, 1.54) is 11.6 Å². The molecule has 0 spiro atoms. The summed E-state index contributed by atoms with van der Waals surface area (Å²) in [6.07, 6.45) is 3.08. The van der Waals surface area contributed by atoms with Gasteiger partial charge in [-0.25, -0.2) is 4.39 Å². The van der Waals surface area contributed by atoms with Crippen molar-refractivity contribution < 1.29 is 4.39 Å². The van der Waals surface area contributed by atoms with E-state index in [-0.39, 0.29) is 11.9 Å². The highest BCUT2D eigenvalue weighted by Gasteiger charge is 2.19. The first kappa shape index (κ1) is 9.62. The van der Waals surface area contributed by atoms with E-state index in [1.807, 2.05) is 0 Å². The Labute approximate surface area is 83.1 Å². The summed E-state index contributed by atoms with van der Waals surface area (Å²) in [6, 6.07) is 2.93. The summed E-state index contributed by atoms with van der Waals surface area (Å²) in [7, 11) is 0. The zero-order valence-electron chi connectivity index (χ0n) is 8.09. The van der Waals surface area contributed by atoms with Gasteiger partial charge >= 0.3 is 0 Å². The fraction of sp³-hybridized carbons (Fsp3) is 0.455. The second-order valence-corrected chi connectivity index (χ2v) is 3.83. The molecule has 0 heterocycles. The van der Waals surface area contributed by atoms with E-state index in [4.69, 9.17) is 11.5 Å². The van der Waals surface area contributed by atoms with Gasteiger partial charge in [-0.15, -0.1) is 0 Å². The van der Waals surface area contributed by atoms with E-state index >= 15 is 0 Å². The standard InChI is InChI=1S/C11H15FN2/c12-8-4-7-2-1-3-9(7)10(5-8)11(14)6-13/h4-5,11H,1-3,6,13-14H2/t11-/m0/s1. The largest absolute Gasteiger partial charge is 0.329 e. The first-order chi connectivity index (χ1) is 6.72. The molecule has 0 radical (unpaired) electrons. The number of nitrogens with two attached hydrogens (primary N) is 2. The molecule has 0 saturated heterocycles. The summed E-state index contributed by atoms with van der Waals surface area (Å²) in [5.74, 6) is -0.190. The predicted octanol–water partition coefficient (Wildman–Crippen LogP) is 1.27. The van der Waals surface area contributed by atoms with Crippen molar-refractivity contribution in [3.8, 4) is 0 Å². The zero-order valence-corrected chi connectivity index (χ0v) is 8.09. The monoisotopic (exact) mass is 194 g/mol. The molecule has 14 heavy (non-hydrogen) atoms. The molecule has 76 valence electrons. The smallest absolute Gasteiger partial charge is 0.123 e. The molecule has 1 aliphatic carbocycles. The number of fused-ring (bicyclic) bond motifs is 1. The lowest BCUT2D eigenvalue weighted by atomic mass is 9.97. The third kappa shape index (κ3) is 1.53. The quantitative estimate of drug-likeness (QED) is 0.745. The lowest BCUT2D eigenvalue weighted by Crippen LogP contribution is -2.22. The maximum atomic E-state index is 13.2. The van der Waals surface area contributed by atoms with Crippen molar-refractivity contribution in [2.75, 3.05) is 6.54 Å². The van der Waals surface area contributed by atoms with Gasteiger partial charge in [0.1, 0.15) is 5.82 Å². The number of aryl methyl sites for hydroxylation is 1. The van der Waals surface area contributed by atoms with Gasteiger partial charge in [-0.3, -0.25) is 0 Å². The Kier molecular flexibility index (Phi) is 2.52. The molecule has 2 rings (SSSR count). The summed E-state index contributed by atoms with van der Waals surface area (Å²) in [4.78, 5) is 0. The van der Waals surface area contributed by atoms with Gasteiger partial charge in [0, 0.05) is 12.6 Å². The maximum Gasteiger partial charge on any atom is 0.123 e. The molecule has 0 fully saturated rings. The molecule has 0 bridgehead atoms. The van der Waals surface area contributed by atoms with Crippen molar-refractivity contribution >= 4 is 0 Å². The van der Waals surface area contributed by atoms with Crippen LogP contribution in [0.15, 0.2) is 12.1 Å². The van der Waals surface area contributed by atoms with Gasteiger partial charge in [0.15, 0.2) is 0 Å². The first-order valence-electron chi connectivity index (χ1n) is 4.99. The molecule has 0 aromatic heterocycles. The van der Waals surface area contributed by atoms with Crippen LogP contribution in [0, 0.1) is 5.82 Å². The van der Waals surface area contributed by atoms with Crippen LogP contribution in [0.1, 0.15) is 29.2 Å². The van der Waals surface area contributed by atoms with Crippen molar-refractivity contribution in [2.45, 2.75) is 25.3 Å². The molecule has 1 aromatic carbocycles. The Bertz CT molecular complexity index is 349. The number of benzene rings is 1. The molecule has 4 N–H and O–H groups in total. The SMILES string of the molecule is NC[C@H](N)c1cc(F)cc2c1CCC2. The molecule has 1 aromatic rings. The summed E-state index contributed by atoms with van der Waals surface area (Å²) in [5, 5.41) is 0. The molecule has 1 atom stereocenters. The third-order valence-electron chi connectivity index (χ3n) is 2.87. The molecular weight excluding hydrogens is 179 g/mol. The normalized spacial score (nSPS) is 16.8. The van der Waals surface area contributed by atoms with Crippen molar-refractivity contribution in [3.05, 3.63) is 34.6 Å². The van der Waals surface area contributed by atoms with Gasteiger partial charge in [-0.05, 0) is 48.1 Å². The number of hydrogen-bond acceptors (Lipinski definition) is 2. The van der Waals surface area contributed by atoms with E-state index in [2.05, 4.69) is 0 Å². The van der Waals surface area contributed by atoms with Crippen LogP contribution in [0.5, 0.6) is 0 Å². The number of halogens is 1. The predicted molar refractivity (Wildman–Crippen MR) is 54.4 cm³/mol. The Morgan fingerprint density at radius 3 is 2.86 bits per heavy atom. The third-order valence-corrected chi connectivity index (χ3v) is 2.87. The second-order valence-electron chi connectivity index (χ2n) is 3.83. The van der Waals surface area contributed by atoms with Crippen molar-refractivity contribution in [3.63, 3.8) is 0 Å². The highest BCUT2D eigenvalue weighted by atomic mass is 19.1. The molecule has 0 unspecified atom stereocenters. The Hall–Kier alpha value is -0.930. The minimum absolute atomic E-state index is 0.190. The van der Waals surface area contributed by atoms with Crippen LogP contribution >= 0.6 is 0 Å². The molecule has 1 aliphatic rings. The summed E-state index contributed by atoms with van der Waals surface area (Å²) < 4.78 is 13.2. The Morgan fingerprint density at radius 2 is 2.14 bits per heavy atom. The average Bonchev–Trinajstić information content (AvgIpc) is 2.62. The summed E-state index contributed by atoms with van der Waals surface area (Å²) >= 11 is 0. The number of hydrogen-bond donors (Lipinski definition) is 2. The van der Waals surface area contributed by atoms with E-state index in [0.29, 0.717) is 6.54 Å². The topological polar surface area (TPSA) is 52.0 Å². The molecule has 0 saturated carbocycles. The van der Waals surface area contributed by atoms with Gasteiger partial charge in [0.05, 0.1) is 0 Å².